The van der Waals surface area contributed by atoms with Gasteiger partial charge in [-0.05, 0) is 31.2 Å². The Kier molecular flexibility index (Phi) is 7.73. The van der Waals surface area contributed by atoms with Gasteiger partial charge >= 0.3 is 0 Å². The Morgan fingerprint density at radius 2 is 1.88 bits per heavy atom. The minimum Gasteiger partial charge on any atom is -0.357 e. The van der Waals surface area contributed by atoms with Crippen LogP contribution in [0.2, 0.25) is 0 Å². The van der Waals surface area contributed by atoms with Crippen LogP contribution in [0.1, 0.15) is 45.7 Å². The average Bonchev–Trinajstić information content (AvgIpc) is 2.51. The Morgan fingerprint density at radius 1 is 1.25 bits per heavy atom. The summed E-state index contributed by atoms with van der Waals surface area (Å²) in [6.45, 7) is 9.56. The Labute approximate surface area is 146 Å². The summed E-state index contributed by atoms with van der Waals surface area (Å²) in [5.74, 6) is 0.946. The molecule has 6 heteroatoms. The number of aliphatic imine (C=N–C) groups is 1. The largest absolute Gasteiger partial charge is 0.357 e. The summed E-state index contributed by atoms with van der Waals surface area (Å²) in [6, 6.07) is 10.3. The Bertz CT molecular complexity index is 625. The van der Waals surface area contributed by atoms with Crippen LogP contribution in [0.25, 0.3) is 0 Å². The van der Waals surface area contributed by atoms with Gasteiger partial charge in [0.2, 0.25) is 0 Å². The molecule has 1 unspecified atom stereocenters. The van der Waals surface area contributed by atoms with E-state index >= 15 is 0 Å². The number of rotatable bonds is 8. The first-order valence-corrected chi connectivity index (χ1v) is 10.5. The van der Waals surface area contributed by atoms with Crippen LogP contribution in [0, 0.1) is 5.41 Å². The molecular formula is C18H31N3O2S. The minimum atomic E-state index is -2.94. The maximum absolute atomic E-state index is 11.4. The van der Waals surface area contributed by atoms with E-state index in [0.717, 1.165) is 12.5 Å². The highest BCUT2D eigenvalue weighted by atomic mass is 32.2. The Hall–Kier alpha value is -1.56. The van der Waals surface area contributed by atoms with Gasteiger partial charge in [-0.15, -0.1) is 0 Å². The highest BCUT2D eigenvalue weighted by molar-refractivity contribution is 7.90. The fourth-order valence-electron chi connectivity index (χ4n) is 2.18. The van der Waals surface area contributed by atoms with Gasteiger partial charge < -0.3 is 10.6 Å². The van der Waals surface area contributed by atoms with E-state index in [1.54, 1.807) is 0 Å². The van der Waals surface area contributed by atoms with E-state index in [-0.39, 0.29) is 17.2 Å². The lowest BCUT2D eigenvalue weighted by atomic mass is 9.90. The first-order chi connectivity index (χ1) is 11.1. The molecule has 0 radical (unpaired) electrons. The van der Waals surface area contributed by atoms with E-state index in [0.29, 0.717) is 13.0 Å². The predicted octanol–water partition coefficient (Wildman–Crippen LogP) is 2.76. The molecule has 0 saturated heterocycles. The molecule has 1 rings (SSSR count). The van der Waals surface area contributed by atoms with Crippen LogP contribution in [-0.4, -0.2) is 39.5 Å². The van der Waals surface area contributed by atoms with Crippen molar-refractivity contribution < 1.29 is 8.42 Å². The number of guanidine groups is 1. The van der Waals surface area contributed by atoms with Crippen LogP contribution in [-0.2, 0) is 9.84 Å². The van der Waals surface area contributed by atoms with E-state index in [1.807, 2.05) is 39.0 Å². The molecule has 0 aliphatic heterocycles. The molecule has 1 atom stereocenters. The Balaban J connectivity index is 2.71. The molecule has 5 nitrogen and oxygen atoms in total. The standard InChI is InChI=1S/C18H31N3O2S/c1-6-19-17(21-15(2)16-10-8-7-9-11-16)20-14-18(3,4)12-13-24(5,22)23/h7-11,15H,6,12-14H2,1-5H3,(H2,19,20,21). The van der Waals surface area contributed by atoms with Crippen LogP contribution in [0.5, 0.6) is 0 Å². The lowest BCUT2D eigenvalue weighted by Gasteiger charge is -2.24. The van der Waals surface area contributed by atoms with Crippen molar-refractivity contribution in [3.63, 3.8) is 0 Å². The molecule has 0 aliphatic rings. The first-order valence-electron chi connectivity index (χ1n) is 8.40. The molecular weight excluding hydrogens is 322 g/mol. The normalized spacial score (nSPS) is 14.3. The summed E-state index contributed by atoms with van der Waals surface area (Å²) in [7, 11) is -2.94. The van der Waals surface area contributed by atoms with E-state index < -0.39 is 9.84 Å². The van der Waals surface area contributed by atoms with Gasteiger partial charge in [0, 0.05) is 19.3 Å². The van der Waals surface area contributed by atoms with Crippen LogP contribution in [0.4, 0.5) is 0 Å². The third-order valence-electron chi connectivity index (χ3n) is 3.81. The molecule has 136 valence electrons. The first kappa shape index (κ1) is 20.5. The smallest absolute Gasteiger partial charge is 0.191 e. The fraction of sp³-hybridized carbons (Fsp3) is 0.611. The van der Waals surface area contributed by atoms with Gasteiger partial charge in [-0.2, -0.15) is 0 Å². The van der Waals surface area contributed by atoms with Crippen molar-refractivity contribution in [2.24, 2.45) is 10.4 Å². The van der Waals surface area contributed by atoms with Gasteiger partial charge in [-0.1, -0.05) is 44.2 Å². The third-order valence-corrected chi connectivity index (χ3v) is 4.76. The van der Waals surface area contributed by atoms with Gasteiger partial charge in [0.05, 0.1) is 11.8 Å². The van der Waals surface area contributed by atoms with E-state index in [4.69, 9.17) is 0 Å². The van der Waals surface area contributed by atoms with Gasteiger partial charge in [-0.3, -0.25) is 4.99 Å². The van der Waals surface area contributed by atoms with Gasteiger partial charge in [0.15, 0.2) is 5.96 Å². The number of nitrogens with one attached hydrogen (secondary N) is 2. The Morgan fingerprint density at radius 3 is 2.42 bits per heavy atom. The third kappa shape index (κ3) is 8.34. The highest BCUT2D eigenvalue weighted by Crippen LogP contribution is 2.21. The van der Waals surface area contributed by atoms with Crippen molar-refractivity contribution in [1.29, 1.82) is 0 Å². The summed E-state index contributed by atoms with van der Waals surface area (Å²) < 4.78 is 22.7. The minimum absolute atomic E-state index is 0.142. The summed E-state index contributed by atoms with van der Waals surface area (Å²) in [6.07, 6.45) is 1.88. The molecule has 0 bridgehead atoms. The van der Waals surface area contributed by atoms with Crippen LogP contribution in [0.15, 0.2) is 35.3 Å². The van der Waals surface area contributed by atoms with E-state index in [9.17, 15) is 8.42 Å². The molecule has 0 aliphatic carbocycles. The van der Waals surface area contributed by atoms with Crippen molar-refractivity contribution in [1.82, 2.24) is 10.6 Å². The van der Waals surface area contributed by atoms with E-state index in [1.165, 1.54) is 11.8 Å². The maximum Gasteiger partial charge on any atom is 0.191 e. The molecule has 0 amide bonds. The SMILES string of the molecule is CCNC(=NCC(C)(C)CCS(C)(=O)=O)NC(C)c1ccccc1. The van der Waals surface area contributed by atoms with Crippen molar-refractivity contribution in [3.05, 3.63) is 35.9 Å². The number of hydrogen-bond donors (Lipinski definition) is 2. The summed E-state index contributed by atoms with van der Waals surface area (Å²) in [4.78, 5) is 4.65. The zero-order valence-corrected chi connectivity index (χ0v) is 16.3. The van der Waals surface area contributed by atoms with Gasteiger partial charge in [0.25, 0.3) is 0 Å². The molecule has 24 heavy (non-hydrogen) atoms. The van der Waals surface area contributed by atoms with Gasteiger partial charge in [-0.25, -0.2) is 8.42 Å². The second-order valence-electron chi connectivity index (χ2n) is 7.02. The van der Waals surface area contributed by atoms with Crippen molar-refractivity contribution in [2.45, 2.75) is 40.2 Å². The monoisotopic (exact) mass is 353 g/mol. The molecule has 0 heterocycles. The average molecular weight is 354 g/mol. The molecule has 1 aromatic carbocycles. The lowest BCUT2D eigenvalue weighted by molar-refractivity contribution is 0.365. The number of nitrogens with zero attached hydrogens (tertiary/aromatic N) is 1. The van der Waals surface area contributed by atoms with Gasteiger partial charge in [0.1, 0.15) is 9.84 Å². The van der Waals surface area contributed by atoms with Crippen molar-refractivity contribution in [2.75, 3.05) is 25.1 Å². The molecule has 2 N–H and O–H groups in total. The molecule has 0 spiro atoms. The number of benzene rings is 1. The second-order valence-corrected chi connectivity index (χ2v) is 9.28. The molecule has 0 aromatic heterocycles. The fourth-order valence-corrected chi connectivity index (χ4v) is 3.11. The second kappa shape index (κ2) is 9.06. The number of sulfone groups is 1. The summed E-state index contributed by atoms with van der Waals surface area (Å²) >= 11 is 0. The van der Waals surface area contributed by atoms with Crippen LogP contribution < -0.4 is 10.6 Å². The zero-order chi connectivity index (χ0) is 18.2. The maximum atomic E-state index is 11.4. The highest BCUT2D eigenvalue weighted by Gasteiger charge is 2.20. The topological polar surface area (TPSA) is 70.6 Å². The zero-order valence-electron chi connectivity index (χ0n) is 15.5. The van der Waals surface area contributed by atoms with Crippen molar-refractivity contribution in [3.8, 4) is 0 Å². The van der Waals surface area contributed by atoms with E-state index in [2.05, 4.69) is 34.7 Å². The summed E-state index contributed by atoms with van der Waals surface area (Å²) in [5.41, 5.74) is 1.03. The molecule has 0 saturated carbocycles. The quantitative estimate of drug-likeness (QED) is 0.557. The van der Waals surface area contributed by atoms with Crippen LogP contribution >= 0.6 is 0 Å². The molecule has 1 aromatic rings. The summed E-state index contributed by atoms with van der Waals surface area (Å²) in [5, 5.41) is 6.65. The predicted molar refractivity (Wildman–Crippen MR) is 102 cm³/mol. The molecule has 0 fully saturated rings. The lowest BCUT2D eigenvalue weighted by Crippen LogP contribution is -2.39. The van der Waals surface area contributed by atoms with Crippen molar-refractivity contribution >= 4 is 15.8 Å². The van der Waals surface area contributed by atoms with Crippen LogP contribution in [0.3, 0.4) is 0 Å². The number of hydrogen-bond acceptors (Lipinski definition) is 3.